The number of nitrogens with two attached hydrogens (primary N) is 1. The van der Waals surface area contributed by atoms with E-state index in [1.165, 1.54) is 6.42 Å². The first-order chi connectivity index (χ1) is 6.24. The van der Waals surface area contributed by atoms with E-state index < -0.39 is 12.1 Å². The lowest BCUT2D eigenvalue weighted by molar-refractivity contribution is 0.238. The number of hydrogen-bond donors (Lipinski definition) is 2. The Morgan fingerprint density at radius 3 is 2.54 bits per heavy atom. The summed E-state index contributed by atoms with van der Waals surface area (Å²) < 4.78 is 0. The van der Waals surface area contributed by atoms with Crippen molar-refractivity contribution < 1.29 is 4.79 Å². The van der Waals surface area contributed by atoms with Crippen molar-refractivity contribution in [1.29, 1.82) is 5.26 Å². The summed E-state index contributed by atoms with van der Waals surface area (Å²) in [5, 5.41) is 11.3. The lowest BCUT2D eigenvalue weighted by Gasteiger charge is -2.25. The van der Waals surface area contributed by atoms with Crippen molar-refractivity contribution in [3.8, 4) is 6.07 Å². The molecule has 4 nitrogen and oxygen atoms in total. The molecule has 0 aliphatic heterocycles. The van der Waals surface area contributed by atoms with Crippen molar-refractivity contribution in [2.45, 2.75) is 38.1 Å². The Bertz CT molecular complexity index is 215. The molecule has 2 amide bonds. The molecule has 0 aromatic carbocycles. The Morgan fingerprint density at radius 2 is 2.08 bits per heavy atom. The number of nitriles is 1. The van der Waals surface area contributed by atoms with Crippen LogP contribution in [-0.2, 0) is 0 Å². The van der Waals surface area contributed by atoms with Crippen LogP contribution < -0.4 is 11.1 Å². The van der Waals surface area contributed by atoms with Gasteiger partial charge >= 0.3 is 6.03 Å². The van der Waals surface area contributed by atoms with Crippen LogP contribution in [0, 0.1) is 17.2 Å². The van der Waals surface area contributed by atoms with Gasteiger partial charge in [0.2, 0.25) is 0 Å². The fraction of sp³-hybridized carbons (Fsp3) is 0.778. The Labute approximate surface area is 78.1 Å². The van der Waals surface area contributed by atoms with E-state index in [1.54, 1.807) is 0 Å². The number of nitrogens with one attached hydrogen (secondary N) is 1. The van der Waals surface area contributed by atoms with E-state index in [-0.39, 0.29) is 0 Å². The molecule has 1 unspecified atom stereocenters. The summed E-state index contributed by atoms with van der Waals surface area (Å²) in [5.41, 5.74) is 4.97. The van der Waals surface area contributed by atoms with Crippen LogP contribution in [-0.4, -0.2) is 12.1 Å². The smallest absolute Gasteiger partial charge is 0.313 e. The van der Waals surface area contributed by atoms with Gasteiger partial charge in [0.05, 0.1) is 6.07 Å². The van der Waals surface area contributed by atoms with Crippen LogP contribution in [0.2, 0.25) is 0 Å². The topological polar surface area (TPSA) is 78.9 Å². The molecule has 0 saturated heterocycles. The molecule has 0 spiro atoms. The first-order valence-corrected chi connectivity index (χ1v) is 4.69. The maximum atomic E-state index is 10.6. The Balaban J connectivity index is 2.45. The van der Waals surface area contributed by atoms with E-state index in [9.17, 15) is 4.79 Å². The molecule has 1 fully saturated rings. The summed E-state index contributed by atoms with van der Waals surface area (Å²) in [6.07, 6.45) is 5.61. The molecule has 1 aliphatic rings. The SMILES string of the molecule is N#CC(NC(N)=O)C1CCCCC1. The average molecular weight is 181 g/mol. The van der Waals surface area contributed by atoms with Crippen molar-refractivity contribution in [3.63, 3.8) is 0 Å². The first-order valence-electron chi connectivity index (χ1n) is 4.69. The second-order valence-electron chi connectivity index (χ2n) is 3.51. The van der Waals surface area contributed by atoms with E-state index in [2.05, 4.69) is 11.4 Å². The first kappa shape index (κ1) is 9.85. The van der Waals surface area contributed by atoms with E-state index in [4.69, 9.17) is 11.0 Å². The minimum atomic E-state index is -0.600. The maximum absolute atomic E-state index is 10.6. The molecule has 0 aromatic heterocycles. The fourth-order valence-electron chi connectivity index (χ4n) is 1.88. The Kier molecular flexibility index (Phi) is 3.56. The molecular weight excluding hydrogens is 166 g/mol. The van der Waals surface area contributed by atoms with Crippen LogP contribution in [0.5, 0.6) is 0 Å². The summed E-state index contributed by atoms with van der Waals surface area (Å²) in [6, 6.07) is 1.10. The minimum absolute atomic E-state index is 0.297. The molecule has 0 aromatic rings. The van der Waals surface area contributed by atoms with E-state index in [0.717, 1.165) is 25.7 Å². The monoisotopic (exact) mass is 181 g/mol. The van der Waals surface area contributed by atoms with Crippen LogP contribution in [0.15, 0.2) is 0 Å². The van der Waals surface area contributed by atoms with Gasteiger partial charge in [-0.15, -0.1) is 0 Å². The van der Waals surface area contributed by atoms with E-state index >= 15 is 0 Å². The zero-order chi connectivity index (χ0) is 9.68. The van der Waals surface area contributed by atoms with Gasteiger partial charge in [-0.1, -0.05) is 19.3 Å². The van der Waals surface area contributed by atoms with Crippen molar-refractivity contribution in [2.24, 2.45) is 11.7 Å². The fourth-order valence-corrected chi connectivity index (χ4v) is 1.88. The number of primary amides is 1. The highest BCUT2D eigenvalue weighted by Gasteiger charge is 2.23. The minimum Gasteiger partial charge on any atom is -0.352 e. The molecule has 1 atom stereocenters. The highest BCUT2D eigenvalue weighted by molar-refractivity contribution is 5.72. The van der Waals surface area contributed by atoms with Gasteiger partial charge in [0.25, 0.3) is 0 Å². The molecule has 72 valence electrons. The number of hydrogen-bond acceptors (Lipinski definition) is 2. The molecule has 1 rings (SSSR count). The van der Waals surface area contributed by atoms with Gasteiger partial charge in [0, 0.05) is 0 Å². The Hall–Kier alpha value is -1.24. The summed E-state index contributed by atoms with van der Waals surface area (Å²) >= 11 is 0. The van der Waals surface area contributed by atoms with E-state index in [1.807, 2.05) is 0 Å². The van der Waals surface area contributed by atoms with Crippen LogP contribution in [0.1, 0.15) is 32.1 Å². The number of nitrogens with zero attached hydrogens (tertiary/aromatic N) is 1. The predicted molar refractivity (Wildman–Crippen MR) is 48.7 cm³/mol. The molecule has 1 saturated carbocycles. The third-order valence-corrected chi connectivity index (χ3v) is 2.56. The summed E-state index contributed by atoms with van der Waals surface area (Å²) in [5.74, 6) is 0.297. The normalized spacial score (nSPS) is 20.2. The van der Waals surface area contributed by atoms with Crippen LogP contribution in [0.25, 0.3) is 0 Å². The van der Waals surface area contributed by atoms with Gasteiger partial charge in [-0.25, -0.2) is 4.79 Å². The maximum Gasteiger partial charge on any atom is 0.313 e. The second-order valence-corrected chi connectivity index (χ2v) is 3.51. The van der Waals surface area contributed by atoms with Gasteiger partial charge < -0.3 is 11.1 Å². The summed E-state index contributed by atoms with van der Waals surface area (Å²) in [4.78, 5) is 10.6. The van der Waals surface area contributed by atoms with Crippen molar-refractivity contribution in [3.05, 3.63) is 0 Å². The van der Waals surface area contributed by atoms with Crippen molar-refractivity contribution >= 4 is 6.03 Å². The standard InChI is InChI=1S/C9H15N3O/c10-6-8(12-9(11)13)7-4-2-1-3-5-7/h7-8H,1-5H2,(H3,11,12,13). The van der Waals surface area contributed by atoms with Crippen molar-refractivity contribution in [2.75, 3.05) is 0 Å². The largest absolute Gasteiger partial charge is 0.352 e. The number of carbonyl (C=O) groups is 1. The molecular formula is C9H15N3O. The molecule has 4 heteroatoms. The molecule has 1 aliphatic carbocycles. The third kappa shape index (κ3) is 2.94. The Morgan fingerprint density at radius 1 is 1.46 bits per heavy atom. The van der Waals surface area contributed by atoms with Crippen LogP contribution in [0.4, 0.5) is 4.79 Å². The summed E-state index contributed by atoms with van der Waals surface area (Å²) in [6.45, 7) is 0. The molecule has 3 N–H and O–H groups in total. The van der Waals surface area contributed by atoms with Crippen molar-refractivity contribution in [1.82, 2.24) is 5.32 Å². The van der Waals surface area contributed by atoms with Gasteiger partial charge in [-0.3, -0.25) is 0 Å². The second kappa shape index (κ2) is 4.70. The molecule has 0 heterocycles. The van der Waals surface area contributed by atoms with Gasteiger partial charge in [0.15, 0.2) is 0 Å². The van der Waals surface area contributed by atoms with Crippen LogP contribution >= 0.6 is 0 Å². The molecule has 0 radical (unpaired) electrons. The van der Waals surface area contributed by atoms with Gasteiger partial charge in [-0.05, 0) is 18.8 Å². The number of rotatable bonds is 2. The van der Waals surface area contributed by atoms with Crippen LogP contribution in [0.3, 0.4) is 0 Å². The molecule has 13 heavy (non-hydrogen) atoms. The third-order valence-electron chi connectivity index (χ3n) is 2.56. The summed E-state index contributed by atoms with van der Waals surface area (Å²) in [7, 11) is 0. The lowest BCUT2D eigenvalue weighted by Crippen LogP contribution is -2.42. The zero-order valence-corrected chi connectivity index (χ0v) is 7.62. The van der Waals surface area contributed by atoms with Gasteiger partial charge in [0.1, 0.15) is 6.04 Å². The number of carbonyl (C=O) groups excluding carboxylic acids is 1. The zero-order valence-electron chi connectivity index (χ0n) is 7.62. The number of amides is 2. The molecule has 0 bridgehead atoms. The highest BCUT2D eigenvalue weighted by atomic mass is 16.2. The highest BCUT2D eigenvalue weighted by Crippen LogP contribution is 2.26. The van der Waals surface area contributed by atoms with E-state index in [0.29, 0.717) is 5.92 Å². The number of urea groups is 1. The quantitative estimate of drug-likeness (QED) is 0.669. The predicted octanol–water partition coefficient (Wildman–Crippen LogP) is 1.13. The average Bonchev–Trinajstić information content (AvgIpc) is 2.15. The lowest BCUT2D eigenvalue weighted by atomic mass is 9.84. The van der Waals surface area contributed by atoms with Gasteiger partial charge in [-0.2, -0.15) is 5.26 Å².